The molecule has 0 amide bonds. The van der Waals surface area contributed by atoms with Crippen molar-refractivity contribution in [1.29, 1.82) is 0 Å². The van der Waals surface area contributed by atoms with Crippen molar-refractivity contribution >= 4 is 16.3 Å². The van der Waals surface area contributed by atoms with E-state index >= 15 is 0 Å². The van der Waals surface area contributed by atoms with E-state index in [0.717, 1.165) is 6.42 Å². The van der Waals surface area contributed by atoms with Crippen LogP contribution in [0.3, 0.4) is 0 Å². The van der Waals surface area contributed by atoms with Gasteiger partial charge < -0.3 is 0 Å². The minimum Gasteiger partial charge on any atom is -0.0653 e. The second-order valence-corrected chi connectivity index (χ2v) is 6.56. The van der Waals surface area contributed by atoms with Crippen molar-refractivity contribution in [1.82, 2.24) is 0 Å². The highest BCUT2D eigenvalue weighted by Gasteiger charge is 2.41. The van der Waals surface area contributed by atoms with E-state index in [0.29, 0.717) is 0 Å². The SMILES string of the molecule is CCCC1(CC)C(CC)=C(CC)c2c1ccc1ccccc21. The number of fused-ring (bicyclic) bond motifs is 3. The van der Waals surface area contributed by atoms with Gasteiger partial charge in [0.05, 0.1) is 0 Å². The average Bonchev–Trinajstić information content (AvgIpc) is 2.84. The summed E-state index contributed by atoms with van der Waals surface area (Å²) in [5, 5.41) is 2.83. The number of allylic oxidation sites excluding steroid dienone is 2. The number of hydrogen-bond acceptors (Lipinski definition) is 0. The molecule has 1 aliphatic carbocycles. The minimum atomic E-state index is 0.286. The van der Waals surface area contributed by atoms with E-state index in [1.807, 2.05) is 0 Å². The zero-order valence-electron chi connectivity index (χ0n) is 14.5. The standard InChI is InChI=1S/C22H28/c1-5-15-22(8-4)19(7-3)17(6-2)21-18-12-10-9-11-16(18)13-14-20(21)22/h9-14H,5-8,15H2,1-4H3. The molecule has 0 aliphatic heterocycles. The molecule has 3 rings (SSSR count). The molecule has 1 atom stereocenters. The maximum Gasteiger partial charge on any atom is 0.0171 e. The summed E-state index contributed by atoms with van der Waals surface area (Å²) >= 11 is 0. The van der Waals surface area contributed by atoms with Gasteiger partial charge in [-0.1, -0.05) is 76.1 Å². The first kappa shape index (κ1) is 15.3. The average molecular weight is 292 g/mol. The van der Waals surface area contributed by atoms with E-state index < -0.39 is 0 Å². The predicted octanol–water partition coefficient (Wildman–Crippen LogP) is 6.87. The Kier molecular flexibility index (Phi) is 4.12. The second-order valence-electron chi connectivity index (χ2n) is 6.56. The first-order valence-corrected chi connectivity index (χ1v) is 8.98. The summed E-state index contributed by atoms with van der Waals surface area (Å²) in [6.45, 7) is 9.38. The van der Waals surface area contributed by atoms with Crippen molar-refractivity contribution in [3.8, 4) is 0 Å². The summed E-state index contributed by atoms with van der Waals surface area (Å²) in [6, 6.07) is 13.7. The fraction of sp³-hybridized carbons (Fsp3) is 0.455. The lowest BCUT2D eigenvalue weighted by Gasteiger charge is -2.33. The first-order chi connectivity index (χ1) is 10.7. The van der Waals surface area contributed by atoms with Gasteiger partial charge >= 0.3 is 0 Å². The van der Waals surface area contributed by atoms with Gasteiger partial charge in [-0.05, 0) is 53.2 Å². The van der Waals surface area contributed by atoms with E-state index in [1.165, 1.54) is 36.5 Å². The van der Waals surface area contributed by atoms with Crippen LogP contribution in [-0.2, 0) is 5.41 Å². The highest BCUT2D eigenvalue weighted by Crippen LogP contribution is 2.54. The quantitative estimate of drug-likeness (QED) is 0.563. The summed E-state index contributed by atoms with van der Waals surface area (Å²) in [5.41, 5.74) is 6.79. The minimum absolute atomic E-state index is 0.286. The Labute approximate surface area is 135 Å². The predicted molar refractivity (Wildman–Crippen MR) is 98.3 cm³/mol. The lowest BCUT2D eigenvalue weighted by molar-refractivity contribution is 0.439. The maximum atomic E-state index is 2.43. The lowest BCUT2D eigenvalue weighted by atomic mass is 9.70. The normalized spacial score (nSPS) is 20.7. The van der Waals surface area contributed by atoms with Crippen LogP contribution in [0.5, 0.6) is 0 Å². The van der Waals surface area contributed by atoms with Crippen molar-refractivity contribution in [2.45, 2.75) is 65.2 Å². The van der Waals surface area contributed by atoms with Crippen LogP contribution in [0.25, 0.3) is 16.3 Å². The maximum absolute atomic E-state index is 2.43. The molecule has 0 nitrogen and oxygen atoms in total. The summed E-state index contributed by atoms with van der Waals surface area (Å²) < 4.78 is 0. The van der Waals surface area contributed by atoms with Crippen LogP contribution in [0, 0.1) is 0 Å². The molecular formula is C22H28. The number of benzene rings is 2. The molecule has 2 aromatic rings. The van der Waals surface area contributed by atoms with Crippen LogP contribution in [0.1, 0.15) is 70.9 Å². The zero-order chi connectivity index (χ0) is 15.7. The van der Waals surface area contributed by atoms with Gasteiger partial charge in [-0.3, -0.25) is 0 Å². The third-order valence-electron chi connectivity index (χ3n) is 5.68. The van der Waals surface area contributed by atoms with Crippen LogP contribution >= 0.6 is 0 Å². The molecule has 0 N–H and O–H groups in total. The summed E-state index contributed by atoms with van der Waals surface area (Å²) in [5.74, 6) is 0. The third kappa shape index (κ3) is 1.96. The highest BCUT2D eigenvalue weighted by atomic mass is 14.4. The summed E-state index contributed by atoms with van der Waals surface area (Å²) in [6.07, 6.45) is 6.08. The molecule has 1 aliphatic rings. The van der Waals surface area contributed by atoms with E-state index in [9.17, 15) is 0 Å². The fourth-order valence-corrected chi connectivity index (χ4v) is 4.83. The van der Waals surface area contributed by atoms with Gasteiger partial charge in [0, 0.05) is 5.41 Å². The van der Waals surface area contributed by atoms with E-state index in [2.05, 4.69) is 64.1 Å². The van der Waals surface area contributed by atoms with Crippen molar-refractivity contribution in [3.63, 3.8) is 0 Å². The largest absolute Gasteiger partial charge is 0.0653 e. The fourth-order valence-electron chi connectivity index (χ4n) is 4.83. The molecule has 0 bridgehead atoms. The summed E-state index contributed by atoms with van der Waals surface area (Å²) in [4.78, 5) is 0. The molecule has 0 spiro atoms. The van der Waals surface area contributed by atoms with Gasteiger partial charge in [0.1, 0.15) is 0 Å². The highest BCUT2D eigenvalue weighted by molar-refractivity contribution is 5.99. The van der Waals surface area contributed by atoms with Crippen LogP contribution < -0.4 is 0 Å². The summed E-state index contributed by atoms with van der Waals surface area (Å²) in [7, 11) is 0. The molecule has 116 valence electrons. The van der Waals surface area contributed by atoms with E-state index in [4.69, 9.17) is 0 Å². The molecule has 0 radical (unpaired) electrons. The topological polar surface area (TPSA) is 0 Å². The monoisotopic (exact) mass is 292 g/mol. The van der Waals surface area contributed by atoms with Gasteiger partial charge in [-0.2, -0.15) is 0 Å². The van der Waals surface area contributed by atoms with Crippen molar-refractivity contribution in [2.24, 2.45) is 0 Å². The molecule has 0 fully saturated rings. The first-order valence-electron chi connectivity index (χ1n) is 8.98. The third-order valence-corrected chi connectivity index (χ3v) is 5.68. The van der Waals surface area contributed by atoms with Gasteiger partial charge in [0.25, 0.3) is 0 Å². The lowest BCUT2D eigenvalue weighted by Crippen LogP contribution is -2.25. The van der Waals surface area contributed by atoms with Crippen molar-refractivity contribution < 1.29 is 0 Å². The molecule has 0 saturated heterocycles. The number of hydrogen-bond donors (Lipinski definition) is 0. The Hall–Kier alpha value is -1.56. The molecule has 0 heterocycles. The van der Waals surface area contributed by atoms with Crippen molar-refractivity contribution in [2.75, 3.05) is 0 Å². The molecule has 2 aromatic carbocycles. The molecular weight excluding hydrogens is 264 g/mol. The molecule has 22 heavy (non-hydrogen) atoms. The number of rotatable bonds is 5. The van der Waals surface area contributed by atoms with Crippen molar-refractivity contribution in [3.05, 3.63) is 53.1 Å². The van der Waals surface area contributed by atoms with Crippen LogP contribution in [-0.4, -0.2) is 0 Å². The zero-order valence-corrected chi connectivity index (χ0v) is 14.5. The molecule has 0 heteroatoms. The van der Waals surface area contributed by atoms with Crippen LogP contribution in [0.15, 0.2) is 42.0 Å². The van der Waals surface area contributed by atoms with Gasteiger partial charge in [0.15, 0.2) is 0 Å². The van der Waals surface area contributed by atoms with Crippen LogP contribution in [0.2, 0.25) is 0 Å². The van der Waals surface area contributed by atoms with Gasteiger partial charge in [-0.15, -0.1) is 0 Å². The van der Waals surface area contributed by atoms with Crippen LogP contribution in [0.4, 0.5) is 0 Å². The Balaban J connectivity index is 2.40. The molecule has 0 aromatic heterocycles. The second kappa shape index (κ2) is 5.91. The smallest absolute Gasteiger partial charge is 0.0171 e. The Morgan fingerprint density at radius 1 is 0.864 bits per heavy atom. The van der Waals surface area contributed by atoms with Gasteiger partial charge in [0.2, 0.25) is 0 Å². The molecule has 1 unspecified atom stereocenters. The van der Waals surface area contributed by atoms with E-state index in [1.54, 1.807) is 22.3 Å². The van der Waals surface area contributed by atoms with E-state index in [-0.39, 0.29) is 5.41 Å². The Bertz CT molecular complexity index is 720. The Morgan fingerprint density at radius 2 is 1.64 bits per heavy atom. The van der Waals surface area contributed by atoms with Gasteiger partial charge in [-0.25, -0.2) is 0 Å². The Morgan fingerprint density at radius 3 is 2.27 bits per heavy atom. The molecule has 0 saturated carbocycles.